The summed E-state index contributed by atoms with van der Waals surface area (Å²) < 4.78 is 3.42. The van der Waals surface area contributed by atoms with Crippen molar-refractivity contribution < 1.29 is 4.79 Å². The monoisotopic (exact) mass is 489 g/mol. The van der Waals surface area contributed by atoms with Gasteiger partial charge in [-0.1, -0.05) is 53.7 Å². The molecule has 9 heteroatoms. The van der Waals surface area contributed by atoms with E-state index >= 15 is 0 Å². The van der Waals surface area contributed by atoms with E-state index in [1.54, 1.807) is 34.9 Å². The fraction of sp³-hybridized carbons (Fsp3) is 0.120. The molecule has 0 unspecified atom stereocenters. The maximum absolute atomic E-state index is 13.5. The van der Waals surface area contributed by atoms with Crippen LogP contribution in [0.4, 0.5) is 5.69 Å². The number of benzene rings is 3. The van der Waals surface area contributed by atoms with Gasteiger partial charge in [-0.25, -0.2) is 4.57 Å². The summed E-state index contributed by atoms with van der Waals surface area (Å²) in [6, 6.07) is 20.3. The average molecular weight is 490 g/mol. The van der Waals surface area contributed by atoms with E-state index in [4.69, 9.17) is 11.6 Å². The van der Waals surface area contributed by atoms with Crippen molar-refractivity contribution in [1.82, 2.24) is 19.2 Å². The second-order valence-corrected chi connectivity index (χ2v) is 9.29. The number of para-hydroxylation sites is 1. The van der Waals surface area contributed by atoms with Gasteiger partial charge >= 0.3 is 0 Å². The third-order valence-electron chi connectivity index (χ3n) is 5.44. The Morgan fingerprint density at radius 3 is 2.68 bits per heavy atom. The summed E-state index contributed by atoms with van der Waals surface area (Å²) in [5.74, 6) is 0.316. The third kappa shape index (κ3) is 4.06. The first-order valence-corrected chi connectivity index (χ1v) is 11.9. The number of fused-ring (bicyclic) bond motifs is 3. The average Bonchev–Trinajstić information content (AvgIpc) is 3.24. The van der Waals surface area contributed by atoms with Crippen molar-refractivity contribution in [1.29, 1.82) is 0 Å². The number of rotatable bonds is 5. The van der Waals surface area contributed by atoms with Crippen LogP contribution in [0.25, 0.3) is 22.4 Å². The third-order valence-corrected chi connectivity index (χ3v) is 6.61. The largest absolute Gasteiger partial charge is 0.325 e. The Labute approximate surface area is 204 Å². The molecule has 2 aromatic heterocycles. The molecule has 5 rings (SSSR count). The molecule has 0 aliphatic rings. The van der Waals surface area contributed by atoms with Crippen molar-refractivity contribution in [3.63, 3.8) is 0 Å². The van der Waals surface area contributed by atoms with Gasteiger partial charge in [-0.05, 0) is 61.4 Å². The normalized spacial score (nSPS) is 11.3. The van der Waals surface area contributed by atoms with Gasteiger partial charge in [-0.3, -0.25) is 14.0 Å². The minimum atomic E-state index is -0.198. The standard InChI is InChI=1S/C25H20ClN5O2S/c1-15-10-11-16(2)21(12-15)30-23(33)19-8-3-4-9-20(19)31-24(30)28-29-25(31)34-14-22(32)27-18-7-5-6-17(26)13-18/h3-13H,14H2,1-2H3,(H,27,32). The molecule has 5 aromatic rings. The van der Waals surface area contributed by atoms with E-state index in [0.29, 0.717) is 32.5 Å². The fourth-order valence-electron chi connectivity index (χ4n) is 3.84. The number of nitrogens with one attached hydrogen (secondary N) is 1. The minimum Gasteiger partial charge on any atom is -0.325 e. The highest BCUT2D eigenvalue weighted by Gasteiger charge is 2.19. The quantitative estimate of drug-likeness (QED) is 0.350. The van der Waals surface area contributed by atoms with Gasteiger partial charge in [-0.15, -0.1) is 10.2 Å². The lowest BCUT2D eigenvalue weighted by Gasteiger charge is -2.14. The molecule has 0 saturated heterocycles. The molecule has 0 aliphatic carbocycles. The molecule has 0 fully saturated rings. The highest BCUT2D eigenvalue weighted by molar-refractivity contribution is 7.99. The molecule has 3 aromatic carbocycles. The molecule has 34 heavy (non-hydrogen) atoms. The first-order chi connectivity index (χ1) is 16.4. The number of amides is 1. The Morgan fingerprint density at radius 1 is 1.03 bits per heavy atom. The zero-order valence-electron chi connectivity index (χ0n) is 18.4. The van der Waals surface area contributed by atoms with E-state index in [1.807, 2.05) is 54.6 Å². The fourth-order valence-corrected chi connectivity index (χ4v) is 4.77. The van der Waals surface area contributed by atoms with Gasteiger partial charge < -0.3 is 5.32 Å². The van der Waals surface area contributed by atoms with Crippen LogP contribution in [0.5, 0.6) is 0 Å². The number of carbonyl (C=O) groups excluding carboxylic acids is 1. The van der Waals surface area contributed by atoms with Gasteiger partial charge in [-0.2, -0.15) is 0 Å². The summed E-state index contributed by atoms with van der Waals surface area (Å²) in [4.78, 5) is 26.1. The summed E-state index contributed by atoms with van der Waals surface area (Å²) in [5.41, 5.74) is 3.88. The molecule has 1 N–H and O–H groups in total. The Kier molecular flexibility index (Phi) is 5.85. The predicted molar refractivity (Wildman–Crippen MR) is 136 cm³/mol. The van der Waals surface area contributed by atoms with Crippen molar-refractivity contribution in [3.8, 4) is 5.69 Å². The van der Waals surface area contributed by atoms with E-state index in [1.165, 1.54) is 11.8 Å². The number of nitrogens with zero attached hydrogens (tertiary/aromatic N) is 4. The second-order valence-electron chi connectivity index (χ2n) is 7.91. The van der Waals surface area contributed by atoms with Crippen molar-refractivity contribution >= 4 is 51.6 Å². The lowest BCUT2D eigenvalue weighted by atomic mass is 10.1. The number of aryl methyl sites for hydroxylation is 2. The summed E-state index contributed by atoms with van der Waals surface area (Å²) in [7, 11) is 0. The summed E-state index contributed by atoms with van der Waals surface area (Å²) >= 11 is 7.25. The van der Waals surface area contributed by atoms with Gasteiger partial charge in [0.05, 0.1) is 22.3 Å². The van der Waals surface area contributed by atoms with Crippen molar-refractivity contribution in [2.75, 3.05) is 11.1 Å². The van der Waals surface area contributed by atoms with Gasteiger partial charge in [0.1, 0.15) is 0 Å². The molecule has 0 radical (unpaired) electrons. The van der Waals surface area contributed by atoms with Crippen LogP contribution in [0, 0.1) is 13.8 Å². The van der Waals surface area contributed by atoms with Gasteiger partial charge in [0.2, 0.25) is 11.7 Å². The van der Waals surface area contributed by atoms with Crippen LogP contribution in [0.15, 0.2) is 76.7 Å². The lowest BCUT2D eigenvalue weighted by Crippen LogP contribution is -2.22. The first-order valence-electron chi connectivity index (χ1n) is 10.6. The zero-order chi connectivity index (χ0) is 23.8. The molecular formula is C25H20ClN5O2S. The van der Waals surface area contributed by atoms with E-state index < -0.39 is 0 Å². The molecule has 0 atom stereocenters. The molecule has 0 saturated carbocycles. The summed E-state index contributed by atoms with van der Waals surface area (Å²) in [6.45, 7) is 3.94. The Hall–Kier alpha value is -3.62. The van der Waals surface area contributed by atoms with Crippen LogP contribution < -0.4 is 10.9 Å². The number of halogens is 1. The van der Waals surface area contributed by atoms with Crippen LogP contribution in [0.1, 0.15) is 11.1 Å². The second kappa shape index (κ2) is 8.96. The smallest absolute Gasteiger partial charge is 0.267 e. The van der Waals surface area contributed by atoms with Crippen LogP contribution in [0.2, 0.25) is 5.02 Å². The lowest BCUT2D eigenvalue weighted by molar-refractivity contribution is -0.113. The SMILES string of the molecule is Cc1ccc(C)c(-n2c(=O)c3ccccc3n3c(SCC(=O)Nc4cccc(Cl)c4)nnc23)c1. The Morgan fingerprint density at radius 2 is 1.85 bits per heavy atom. The van der Waals surface area contributed by atoms with Crippen molar-refractivity contribution in [2.24, 2.45) is 0 Å². The van der Waals surface area contributed by atoms with Crippen molar-refractivity contribution in [2.45, 2.75) is 19.0 Å². The summed E-state index contributed by atoms with van der Waals surface area (Å²) in [5, 5.41) is 13.1. The number of hydrogen-bond acceptors (Lipinski definition) is 5. The molecule has 0 spiro atoms. The summed E-state index contributed by atoms with van der Waals surface area (Å²) in [6.07, 6.45) is 0. The van der Waals surface area contributed by atoms with Gasteiger partial charge in [0.25, 0.3) is 5.56 Å². The Balaban J connectivity index is 1.58. The zero-order valence-corrected chi connectivity index (χ0v) is 20.0. The molecule has 7 nitrogen and oxygen atoms in total. The van der Waals surface area contributed by atoms with Gasteiger partial charge in [0.15, 0.2) is 5.16 Å². The van der Waals surface area contributed by atoms with E-state index in [-0.39, 0.29) is 17.2 Å². The maximum Gasteiger partial charge on any atom is 0.267 e. The predicted octanol–water partition coefficient (Wildman–Crippen LogP) is 5.03. The molecule has 0 aliphatic heterocycles. The molecule has 170 valence electrons. The minimum absolute atomic E-state index is 0.115. The number of anilines is 1. The number of hydrogen-bond donors (Lipinski definition) is 1. The molecule has 1 amide bonds. The van der Waals surface area contributed by atoms with E-state index in [0.717, 1.165) is 16.8 Å². The first kappa shape index (κ1) is 22.2. The number of aromatic nitrogens is 4. The molecule has 0 bridgehead atoms. The molecule has 2 heterocycles. The van der Waals surface area contributed by atoms with Crippen molar-refractivity contribution in [3.05, 3.63) is 93.2 Å². The van der Waals surface area contributed by atoms with Gasteiger partial charge in [0, 0.05) is 10.7 Å². The Bertz CT molecular complexity index is 1630. The molecular weight excluding hydrogens is 470 g/mol. The van der Waals surface area contributed by atoms with Crippen LogP contribution in [-0.2, 0) is 4.79 Å². The van der Waals surface area contributed by atoms with Crippen LogP contribution in [0.3, 0.4) is 0 Å². The van der Waals surface area contributed by atoms with E-state index in [2.05, 4.69) is 15.5 Å². The highest BCUT2D eigenvalue weighted by Crippen LogP contribution is 2.25. The van der Waals surface area contributed by atoms with Crippen LogP contribution >= 0.6 is 23.4 Å². The number of carbonyl (C=O) groups is 1. The topological polar surface area (TPSA) is 81.3 Å². The highest BCUT2D eigenvalue weighted by atomic mass is 35.5. The van der Waals surface area contributed by atoms with Crippen LogP contribution in [-0.4, -0.2) is 30.8 Å². The van der Waals surface area contributed by atoms with E-state index in [9.17, 15) is 9.59 Å². The number of thioether (sulfide) groups is 1. The maximum atomic E-state index is 13.5.